The zero-order valence-electron chi connectivity index (χ0n) is 15.7. The number of nitrogens with one attached hydrogen (secondary N) is 1. The molecule has 0 saturated carbocycles. The first-order chi connectivity index (χ1) is 12.5. The Bertz CT molecular complexity index is 758. The van der Waals surface area contributed by atoms with Crippen molar-refractivity contribution in [3.8, 4) is 0 Å². The van der Waals surface area contributed by atoms with Crippen molar-refractivity contribution in [1.29, 1.82) is 0 Å². The standard InChI is InChI=1S/C19H27N5OS/c1-13(2)11-24-19(21-22-23-24)26-12-18(25)20-14(3)16-9-8-15-6-4-5-7-17(15)10-16/h8-10,13-14H,4-7,11-12H2,1-3H3,(H,20,25). The second kappa shape index (κ2) is 8.66. The Morgan fingerprint density at radius 2 is 2.00 bits per heavy atom. The summed E-state index contributed by atoms with van der Waals surface area (Å²) in [6.07, 6.45) is 4.88. The molecule has 1 atom stereocenters. The summed E-state index contributed by atoms with van der Waals surface area (Å²) in [6.45, 7) is 7.02. The summed E-state index contributed by atoms with van der Waals surface area (Å²) in [5, 5.41) is 15.5. The summed E-state index contributed by atoms with van der Waals surface area (Å²) in [7, 11) is 0. The zero-order chi connectivity index (χ0) is 18.5. The van der Waals surface area contributed by atoms with Crippen molar-refractivity contribution in [2.45, 2.75) is 64.2 Å². The van der Waals surface area contributed by atoms with Gasteiger partial charge in [-0.05, 0) is 65.6 Å². The van der Waals surface area contributed by atoms with Crippen molar-refractivity contribution in [3.63, 3.8) is 0 Å². The third-order valence-corrected chi connectivity index (χ3v) is 5.58. The highest BCUT2D eigenvalue weighted by atomic mass is 32.2. The molecule has 0 fully saturated rings. The van der Waals surface area contributed by atoms with Crippen LogP contribution in [0, 0.1) is 5.92 Å². The number of carbonyl (C=O) groups is 1. The van der Waals surface area contributed by atoms with Crippen molar-refractivity contribution in [3.05, 3.63) is 34.9 Å². The van der Waals surface area contributed by atoms with Gasteiger partial charge in [-0.15, -0.1) is 5.10 Å². The number of aryl methyl sites for hydroxylation is 2. The summed E-state index contributed by atoms with van der Waals surface area (Å²) < 4.78 is 1.76. The lowest BCUT2D eigenvalue weighted by Crippen LogP contribution is -2.28. The number of amides is 1. The van der Waals surface area contributed by atoms with Crippen molar-refractivity contribution in [2.75, 3.05) is 5.75 Å². The average Bonchev–Trinajstić information content (AvgIpc) is 3.05. The lowest BCUT2D eigenvalue weighted by Gasteiger charge is -2.20. The highest BCUT2D eigenvalue weighted by Crippen LogP contribution is 2.25. The molecule has 6 nitrogen and oxygen atoms in total. The van der Waals surface area contributed by atoms with E-state index in [2.05, 4.69) is 52.9 Å². The van der Waals surface area contributed by atoms with E-state index in [1.807, 2.05) is 6.92 Å². The molecule has 1 aliphatic rings. The maximum absolute atomic E-state index is 12.3. The first-order valence-corrected chi connectivity index (χ1v) is 10.3. The van der Waals surface area contributed by atoms with Crippen LogP contribution in [0.2, 0.25) is 0 Å². The Labute approximate surface area is 159 Å². The molecule has 1 N–H and O–H groups in total. The van der Waals surface area contributed by atoms with Crippen molar-refractivity contribution < 1.29 is 4.79 Å². The molecule has 1 aromatic heterocycles. The van der Waals surface area contributed by atoms with E-state index in [9.17, 15) is 4.79 Å². The van der Waals surface area contributed by atoms with Gasteiger partial charge in [0.15, 0.2) is 0 Å². The maximum Gasteiger partial charge on any atom is 0.230 e. The summed E-state index contributed by atoms with van der Waals surface area (Å²) >= 11 is 1.38. The van der Waals surface area contributed by atoms with E-state index in [0.29, 0.717) is 16.8 Å². The Morgan fingerprint density at radius 3 is 2.77 bits per heavy atom. The highest BCUT2D eigenvalue weighted by molar-refractivity contribution is 7.99. The molecule has 1 unspecified atom stereocenters. The van der Waals surface area contributed by atoms with Gasteiger partial charge in [-0.25, -0.2) is 4.68 Å². The van der Waals surface area contributed by atoms with Gasteiger partial charge < -0.3 is 5.32 Å². The van der Waals surface area contributed by atoms with Crippen LogP contribution in [-0.4, -0.2) is 31.9 Å². The minimum absolute atomic E-state index is 0.000632. The van der Waals surface area contributed by atoms with E-state index >= 15 is 0 Å². The fourth-order valence-corrected chi connectivity index (χ4v) is 3.98. The van der Waals surface area contributed by atoms with E-state index in [1.165, 1.54) is 47.7 Å². The number of fused-ring (bicyclic) bond motifs is 1. The topological polar surface area (TPSA) is 72.7 Å². The van der Waals surface area contributed by atoms with Crippen LogP contribution in [0.25, 0.3) is 0 Å². The minimum Gasteiger partial charge on any atom is -0.349 e. The SMILES string of the molecule is CC(C)Cn1nnnc1SCC(=O)NC(C)c1ccc2c(c1)CCCC2. The van der Waals surface area contributed by atoms with Gasteiger partial charge in [-0.2, -0.15) is 0 Å². The summed E-state index contributed by atoms with van der Waals surface area (Å²) in [6, 6.07) is 6.63. The number of benzene rings is 1. The van der Waals surface area contributed by atoms with Gasteiger partial charge >= 0.3 is 0 Å². The van der Waals surface area contributed by atoms with Crippen LogP contribution >= 0.6 is 11.8 Å². The molecule has 0 spiro atoms. The van der Waals surface area contributed by atoms with Crippen molar-refractivity contribution in [2.24, 2.45) is 5.92 Å². The van der Waals surface area contributed by atoms with Gasteiger partial charge in [0.05, 0.1) is 11.8 Å². The van der Waals surface area contributed by atoms with E-state index in [1.54, 1.807) is 4.68 Å². The summed E-state index contributed by atoms with van der Waals surface area (Å²) in [4.78, 5) is 12.3. The van der Waals surface area contributed by atoms with Gasteiger partial charge in [-0.3, -0.25) is 4.79 Å². The van der Waals surface area contributed by atoms with Crippen LogP contribution in [0.4, 0.5) is 0 Å². The van der Waals surface area contributed by atoms with E-state index in [4.69, 9.17) is 0 Å². The molecule has 1 aliphatic carbocycles. The Morgan fingerprint density at radius 1 is 1.23 bits per heavy atom. The molecule has 1 amide bonds. The van der Waals surface area contributed by atoms with Crippen LogP contribution in [0.15, 0.2) is 23.4 Å². The normalized spacial score (nSPS) is 14.9. The monoisotopic (exact) mass is 373 g/mol. The second-order valence-corrected chi connectivity index (χ2v) is 8.29. The van der Waals surface area contributed by atoms with Crippen molar-refractivity contribution >= 4 is 17.7 Å². The highest BCUT2D eigenvalue weighted by Gasteiger charge is 2.15. The number of nitrogens with zero attached hydrogens (tertiary/aromatic N) is 4. The maximum atomic E-state index is 12.3. The first-order valence-electron chi connectivity index (χ1n) is 9.33. The number of aromatic nitrogens is 4. The fourth-order valence-electron chi connectivity index (χ4n) is 3.28. The number of tetrazole rings is 1. The smallest absolute Gasteiger partial charge is 0.230 e. The molecule has 1 heterocycles. The van der Waals surface area contributed by atoms with Crippen LogP contribution in [0.3, 0.4) is 0 Å². The van der Waals surface area contributed by atoms with E-state index in [0.717, 1.165) is 13.0 Å². The third kappa shape index (κ3) is 4.84. The van der Waals surface area contributed by atoms with Gasteiger partial charge in [0.25, 0.3) is 0 Å². The lowest BCUT2D eigenvalue weighted by molar-refractivity contribution is -0.119. The van der Waals surface area contributed by atoms with Gasteiger partial charge in [0.1, 0.15) is 0 Å². The quantitative estimate of drug-likeness (QED) is 0.755. The molecule has 0 radical (unpaired) electrons. The number of rotatable bonds is 7. The van der Waals surface area contributed by atoms with Crippen molar-refractivity contribution in [1.82, 2.24) is 25.5 Å². The molecular formula is C19H27N5OS. The molecule has 2 aromatic rings. The number of hydrogen-bond acceptors (Lipinski definition) is 5. The molecule has 0 saturated heterocycles. The molecule has 0 aliphatic heterocycles. The van der Waals surface area contributed by atoms with Gasteiger partial charge in [0.2, 0.25) is 11.1 Å². The Balaban J connectivity index is 1.54. The molecule has 1 aromatic carbocycles. The van der Waals surface area contributed by atoms with E-state index in [-0.39, 0.29) is 11.9 Å². The average molecular weight is 374 g/mol. The predicted molar refractivity (Wildman–Crippen MR) is 103 cm³/mol. The lowest BCUT2D eigenvalue weighted by atomic mass is 9.89. The molecule has 7 heteroatoms. The molecule has 3 rings (SSSR count). The molecular weight excluding hydrogens is 346 g/mol. The third-order valence-electron chi connectivity index (χ3n) is 4.62. The summed E-state index contributed by atoms with van der Waals surface area (Å²) in [5.41, 5.74) is 4.08. The van der Waals surface area contributed by atoms with Crippen LogP contribution in [-0.2, 0) is 24.2 Å². The number of hydrogen-bond donors (Lipinski definition) is 1. The largest absolute Gasteiger partial charge is 0.349 e. The number of carbonyl (C=O) groups excluding carboxylic acids is 1. The Kier molecular flexibility index (Phi) is 6.29. The van der Waals surface area contributed by atoms with Crippen LogP contribution in [0.5, 0.6) is 0 Å². The minimum atomic E-state index is -0.000632. The van der Waals surface area contributed by atoms with E-state index < -0.39 is 0 Å². The number of thioether (sulfide) groups is 1. The van der Waals surface area contributed by atoms with Gasteiger partial charge in [0, 0.05) is 6.54 Å². The Hall–Kier alpha value is -1.89. The molecule has 26 heavy (non-hydrogen) atoms. The van der Waals surface area contributed by atoms with Crippen LogP contribution < -0.4 is 5.32 Å². The zero-order valence-corrected chi connectivity index (χ0v) is 16.6. The molecule has 0 bridgehead atoms. The summed E-state index contributed by atoms with van der Waals surface area (Å²) in [5.74, 6) is 0.767. The molecule has 140 valence electrons. The predicted octanol–water partition coefficient (Wildman–Crippen LogP) is 3.18. The first kappa shape index (κ1) is 18.9. The fraction of sp³-hybridized carbons (Fsp3) is 0.579. The van der Waals surface area contributed by atoms with Crippen LogP contribution in [0.1, 0.15) is 56.3 Å². The second-order valence-electron chi connectivity index (χ2n) is 7.35. The van der Waals surface area contributed by atoms with Gasteiger partial charge in [-0.1, -0.05) is 43.8 Å².